The summed E-state index contributed by atoms with van der Waals surface area (Å²) >= 11 is 7.90. The lowest BCUT2D eigenvalue weighted by Gasteiger charge is -2.12. The third-order valence-corrected chi connectivity index (χ3v) is 5.96. The zero-order chi connectivity index (χ0) is 25.8. The molecule has 8 nitrogen and oxygen atoms in total. The largest absolute Gasteiger partial charge is 0.493 e. The maximum absolute atomic E-state index is 12.6. The highest BCUT2D eigenvalue weighted by atomic mass is 127. The van der Waals surface area contributed by atoms with E-state index in [9.17, 15) is 14.4 Å². The standard InChI is InChI=1S/C26H18ClIN2O6/c1-14(31)29-19-9-5-16(6-10-19)24-30-21(26(33)36-24)12-15-11-20(28)23(22(13-15)34-2)35-25(32)17-3-7-18(27)8-4-17/h3-13H,1-2H3,(H,29,31)/b21-12-. The van der Waals surface area contributed by atoms with Crippen LogP contribution in [-0.4, -0.2) is 30.9 Å². The molecule has 10 heteroatoms. The van der Waals surface area contributed by atoms with E-state index in [4.69, 9.17) is 25.8 Å². The molecule has 182 valence electrons. The molecule has 0 spiro atoms. The minimum atomic E-state index is -0.608. The summed E-state index contributed by atoms with van der Waals surface area (Å²) < 4.78 is 16.9. The highest BCUT2D eigenvalue weighted by molar-refractivity contribution is 14.1. The van der Waals surface area contributed by atoms with Gasteiger partial charge in [-0.15, -0.1) is 0 Å². The molecule has 0 saturated carbocycles. The molecule has 0 radical (unpaired) electrons. The third-order valence-electron chi connectivity index (χ3n) is 4.90. The normalized spacial score (nSPS) is 13.7. The minimum Gasteiger partial charge on any atom is -0.493 e. The van der Waals surface area contributed by atoms with Crippen LogP contribution in [0.2, 0.25) is 5.02 Å². The zero-order valence-corrected chi connectivity index (χ0v) is 21.9. The van der Waals surface area contributed by atoms with Gasteiger partial charge in [0.15, 0.2) is 17.2 Å². The summed E-state index contributed by atoms with van der Waals surface area (Å²) in [7, 11) is 1.45. The smallest absolute Gasteiger partial charge is 0.363 e. The summed E-state index contributed by atoms with van der Waals surface area (Å²) in [5.41, 5.74) is 2.23. The molecule has 3 aromatic rings. The van der Waals surface area contributed by atoms with Gasteiger partial charge in [0.1, 0.15) is 0 Å². The number of rotatable bonds is 6. The van der Waals surface area contributed by atoms with Crippen LogP contribution < -0.4 is 14.8 Å². The van der Waals surface area contributed by atoms with Gasteiger partial charge in [-0.3, -0.25) is 4.79 Å². The van der Waals surface area contributed by atoms with Gasteiger partial charge in [-0.2, -0.15) is 0 Å². The quantitative estimate of drug-likeness (QED) is 0.170. The van der Waals surface area contributed by atoms with E-state index in [0.717, 1.165) is 0 Å². The Labute approximate surface area is 225 Å². The summed E-state index contributed by atoms with van der Waals surface area (Å²) in [5, 5.41) is 3.18. The number of methoxy groups -OCH3 is 1. The molecule has 0 bridgehead atoms. The monoisotopic (exact) mass is 616 g/mol. The second-order valence-electron chi connectivity index (χ2n) is 7.53. The number of cyclic esters (lactones) is 1. The van der Waals surface area contributed by atoms with Crippen LogP contribution in [0.4, 0.5) is 5.69 Å². The number of ether oxygens (including phenoxy) is 3. The highest BCUT2D eigenvalue weighted by Gasteiger charge is 2.25. The lowest BCUT2D eigenvalue weighted by atomic mass is 10.1. The van der Waals surface area contributed by atoms with Crippen molar-refractivity contribution in [3.63, 3.8) is 0 Å². The number of halogens is 2. The highest BCUT2D eigenvalue weighted by Crippen LogP contribution is 2.35. The van der Waals surface area contributed by atoms with Crippen molar-refractivity contribution in [1.29, 1.82) is 0 Å². The number of esters is 2. The van der Waals surface area contributed by atoms with Crippen molar-refractivity contribution in [3.05, 3.63) is 91.6 Å². The number of anilines is 1. The van der Waals surface area contributed by atoms with Gasteiger partial charge >= 0.3 is 11.9 Å². The van der Waals surface area contributed by atoms with Crippen LogP contribution in [0, 0.1) is 3.57 Å². The van der Waals surface area contributed by atoms with Gasteiger partial charge in [0.05, 0.1) is 16.2 Å². The molecule has 0 aromatic heterocycles. The van der Waals surface area contributed by atoms with Crippen LogP contribution in [0.3, 0.4) is 0 Å². The van der Waals surface area contributed by atoms with Crippen molar-refractivity contribution in [3.8, 4) is 11.5 Å². The summed E-state index contributed by atoms with van der Waals surface area (Å²) in [6.07, 6.45) is 1.55. The number of nitrogens with one attached hydrogen (secondary N) is 1. The molecule has 0 saturated heterocycles. The number of benzene rings is 3. The number of carbonyl (C=O) groups excluding carboxylic acids is 3. The Kier molecular flexibility index (Phi) is 7.70. The maximum Gasteiger partial charge on any atom is 0.363 e. The van der Waals surface area contributed by atoms with Crippen LogP contribution in [0.5, 0.6) is 11.5 Å². The molecule has 1 N–H and O–H groups in total. The molecular weight excluding hydrogens is 599 g/mol. The molecule has 36 heavy (non-hydrogen) atoms. The Bertz CT molecular complexity index is 1420. The van der Waals surface area contributed by atoms with Gasteiger partial charge in [-0.25, -0.2) is 14.6 Å². The molecule has 0 atom stereocenters. The average molecular weight is 617 g/mol. The maximum atomic E-state index is 12.6. The van der Waals surface area contributed by atoms with Crippen molar-refractivity contribution < 1.29 is 28.6 Å². The summed E-state index contributed by atoms with van der Waals surface area (Å²) in [6.45, 7) is 1.42. The van der Waals surface area contributed by atoms with E-state index in [1.54, 1.807) is 66.7 Å². The summed E-state index contributed by atoms with van der Waals surface area (Å²) in [5.74, 6) is -0.655. The molecule has 1 aliphatic heterocycles. The SMILES string of the molecule is COc1cc(/C=C2\N=C(c3ccc(NC(C)=O)cc3)OC2=O)cc(I)c1OC(=O)c1ccc(Cl)cc1. The first-order valence-corrected chi connectivity index (χ1v) is 11.9. The average Bonchev–Trinajstić information content (AvgIpc) is 3.21. The fraction of sp³-hybridized carbons (Fsp3) is 0.0769. The Morgan fingerprint density at radius 1 is 1.08 bits per heavy atom. The van der Waals surface area contributed by atoms with E-state index in [1.807, 2.05) is 22.6 Å². The predicted octanol–water partition coefficient (Wildman–Crippen LogP) is 5.48. The fourth-order valence-electron chi connectivity index (χ4n) is 3.25. The van der Waals surface area contributed by atoms with Gasteiger partial charge in [0.25, 0.3) is 0 Å². The van der Waals surface area contributed by atoms with Crippen LogP contribution in [0.1, 0.15) is 28.4 Å². The van der Waals surface area contributed by atoms with E-state index in [2.05, 4.69) is 10.3 Å². The molecular formula is C26H18ClIN2O6. The second kappa shape index (κ2) is 10.9. The van der Waals surface area contributed by atoms with Crippen molar-refractivity contribution in [2.24, 2.45) is 4.99 Å². The summed E-state index contributed by atoms with van der Waals surface area (Å²) in [4.78, 5) is 40.5. The summed E-state index contributed by atoms with van der Waals surface area (Å²) in [6, 6.07) is 16.4. The first-order chi connectivity index (χ1) is 17.2. The van der Waals surface area contributed by atoms with E-state index >= 15 is 0 Å². The van der Waals surface area contributed by atoms with Crippen LogP contribution in [0.25, 0.3) is 6.08 Å². The van der Waals surface area contributed by atoms with Crippen molar-refractivity contribution in [2.45, 2.75) is 6.92 Å². The van der Waals surface area contributed by atoms with Crippen molar-refractivity contribution >= 4 is 69.7 Å². The lowest BCUT2D eigenvalue weighted by Crippen LogP contribution is -2.10. The zero-order valence-electron chi connectivity index (χ0n) is 19.0. The Morgan fingerprint density at radius 3 is 2.42 bits per heavy atom. The van der Waals surface area contributed by atoms with E-state index in [1.165, 1.54) is 14.0 Å². The molecule has 1 heterocycles. The minimum absolute atomic E-state index is 0.0969. The molecule has 0 fully saturated rings. The van der Waals surface area contributed by atoms with E-state index in [0.29, 0.717) is 36.7 Å². The van der Waals surface area contributed by atoms with Crippen LogP contribution in [-0.2, 0) is 14.3 Å². The number of nitrogens with zero attached hydrogens (tertiary/aromatic N) is 1. The Hall–Kier alpha value is -3.70. The third kappa shape index (κ3) is 5.92. The predicted molar refractivity (Wildman–Crippen MR) is 143 cm³/mol. The number of hydrogen-bond donors (Lipinski definition) is 1. The first-order valence-electron chi connectivity index (χ1n) is 10.5. The molecule has 0 aliphatic carbocycles. The number of carbonyl (C=O) groups is 3. The van der Waals surface area contributed by atoms with E-state index < -0.39 is 11.9 Å². The van der Waals surface area contributed by atoms with Crippen LogP contribution >= 0.6 is 34.2 Å². The number of amides is 1. The van der Waals surface area contributed by atoms with Gasteiger partial charge in [-0.05, 0) is 94.9 Å². The molecule has 1 aliphatic rings. The van der Waals surface area contributed by atoms with Gasteiger partial charge in [0.2, 0.25) is 11.8 Å². The Balaban J connectivity index is 1.57. The van der Waals surface area contributed by atoms with Crippen molar-refractivity contribution in [1.82, 2.24) is 0 Å². The van der Waals surface area contributed by atoms with E-state index in [-0.39, 0.29) is 23.3 Å². The molecule has 4 rings (SSSR count). The topological polar surface area (TPSA) is 103 Å². The first kappa shape index (κ1) is 25.4. The molecule has 0 unspecified atom stereocenters. The number of aliphatic imine (C=N–C) groups is 1. The lowest BCUT2D eigenvalue weighted by molar-refractivity contribution is -0.129. The Morgan fingerprint density at radius 2 is 1.78 bits per heavy atom. The van der Waals surface area contributed by atoms with Crippen LogP contribution in [0.15, 0.2) is 71.4 Å². The molecule has 1 amide bonds. The fourth-order valence-corrected chi connectivity index (χ4v) is 4.11. The number of hydrogen-bond acceptors (Lipinski definition) is 7. The van der Waals surface area contributed by atoms with Crippen molar-refractivity contribution in [2.75, 3.05) is 12.4 Å². The second-order valence-corrected chi connectivity index (χ2v) is 9.12. The van der Waals surface area contributed by atoms with Gasteiger partial charge in [0, 0.05) is 23.2 Å². The van der Waals surface area contributed by atoms with Gasteiger partial charge < -0.3 is 19.5 Å². The molecule has 3 aromatic carbocycles. The van der Waals surface area contributed by atoms with Gasteiger partial charge in [-0.1, -0.05) is 11.6 Å².